The molecule has 0 amide bonds. The van der Waals surface area contributed by atoms with Crippen molar-refractivity contribution in [3.8, 4) is 0 Å². The van der Waals surface area contributed by atoms with Crippen molar-refractivity contribution < 1.29 is 9.47 Å². The largest absolute Gasteiger partial charge is 0.375 e. The first-order chi connectivity index (χ1) is 6.85. The number of unbranched alkanes of at least 4 members (excludes halogenated alkanes) is 1. The van der Waals surface area contributed by atoms with Crippen LogP contribution in [0.2, 0.25) is 0 Å². The Kier molecular flexibility index (Phi) is 10.0. The summed E-state index contributed by atoms with van der Waals surface area (Å²) in [5, 5.41) is 0. The van der Waals surface area contributed by atoms with Crippen LogP contribution in [0.1, 0.15) is 26.2 Å². The molecule has 0 rings (SSSR count). The lowest BCUT2D eigenvalue weighted by molar-refractivity contribution is -0.00323. The van der Waals surface area contributed by atoms with E-state index in [1.807, 2.05) is 0 Å². The molecule has 2 heteroatoms. The van der Waals surface area contributed by atoms with Gasteiger partial charge in [-0.15, -0.1) is 13.2 Å². The smallest absolute Gasteiger partial charge is 0.0812 e. The summed E-state index contributed by atoms with van der Waals surface area (Å²) in [5.74, 6) is 0. The highest BCUT2D eigenvalue weighted by Gasteiger charge is 2.07. The van der Waals surface area contributed by atoms with E-state index in [-0.39, 0.29) is 6.10 Å². The van der Waals surface area contributed by atoms with Crippen LogP contribution < -0.4 is 0 Å². The van der Waals surface area contributed by atoms with Gasteiger partial charge in [0.2, 0.25) is 0 Å². The zero-order chi connectivity index (χ0) is 10.6. The molecule has 14 heavy (non-hydrogen) atoms. The predicted molar refractivity (Wildman–Crippen MR) is 60.5 cm³/mol. The fourth-order valence-corrected chi connectivity index (χ4v) is 1.13. The van der Waals surface area contributed by atoms with E-state index in [9.17, 15) is 0 Å². The van der Waals surface area contributed by atoms with Gasteiger partial charge in [0, 0.05) is 0 Å². The highest BCUT2D eigenvalue weighted by Crippen LogP contribution is 2.05. The number of hydrogen-bond donors (Lipinski definition) is 0. The molecule has 0 heterocycles. The third-order valence-electron chi connectivity index (χ3n) is 1.87. The first kappa shape index (κ1) is 13.4. The molecular formula is C12H22O2. The second kappa shape index (κ2) is 10.5. The SMILES string of the molecule is C=CCOCC(CCCC)OCC=C. The Morgan fingerprint density at radius 2 is 1.93 bits per heavy atom. The van der Waals surface area contributed by atoms with Crippen molar-refractivity contribution in [1.82, 2.24) is 0 Å². The summed E-state index contributed by atoms with van der Waals surface area (Å²) in [4.78, 5) is 0. The van der Waals surface area contributed by atoms with Crippen LogP contribution >= 0.6 is 0 Å². The zero-order valence-corrected chi connectivity index (χ0v) is 9.21. The Labute approximate surface area is 87.6 Å². The molecule has 1 unspecified atom stereocenters. The molecule has 0 aliphatic carbocycles. The lowest BCUT2D eigenvalue weighted by Gasteiger charge is -2.16. The molecule has 0 bridgehead atoms. The van der Waals surface area contributed by atoms with Gasteiger partial charge in [-0.05, 0) is 6.42 Å². The summed E-state index contributed by atoms with van der Waals surface area (Å²) in [6.45, 7) is 11.3. The minimum Gasteiger partial charge on any atom is -0.375 e. The maximum atomic E-state index is 5.56. The van der Waals surface area contributed by atoms with E-state index >= 15 is 0 Å². The van der Waals surface area contributed by atoms with Crippen molar-refractivity contribution in [3.63, 3.8) is 0 Å². The molecule has 0 saturated heterocycles. The molecule has 0 aromatic heterocycles. The monoisotopic (exact) mass is 198 g/mol. The van der Waals surface area contributed by atoms with Gasteiger partial charge >= 0.3 is 0 Å². The second-order valence-electron chi connectivity index (χ2n) is 3.21. The molecule has 2 nitrogen and oxygen atoms in total. The summed E-state index contributed by atoms with van der Waals surface area (Å²) >= 11 is 0. The fraction of sp³-hybridized carbons (Fsp3) is 0.667. The van der Waals surface area contributed by atoms with Crippen molar-refractivity contribution in [3.05, 3.63) is 25.3 Å². The van der Waals surface area contributed by atoms with Gasteiger partial charge in [0.15, 0.2) is 0 Å². The topological polar surface area (TPSA) is 18.5 Å². The van der Waals surface area contributed by atoms with Gasteiger partial charge in [0.05, 0.1) is 25.9 Å². The third-order valence-corrected chi connectivity index (χ3v) is 1.87. The van der Waals surface area contributed by atoms with Crippen LogP contribution in [-0.4, -0.2) is 25.9 Å². The Hall–Kier alpha value is -0.600. The van der Waals surface area contributed by atoms with Gasteiger partial charge in [0.25, 0.3) is 0 Å². The average molecular weight is 198 g/mol. The lowest BCUT2D eigenvalue weighted by atomic mass is 10.2. The Balaban J connectivity index is 3.59. The minimum absolute atomic E-state index is 0.202. The van der Waals surface area contributed by atoms with Crippen LogP contribution in [0.5, 0.6) is 0 Å². The second-order valence-corrected chi connectivity index (χ2v) is 3.21. The van der Waals surface area contributed by atoms with Crippen molar-refractivity contribution in [2.24, 2.45) is 0 Å². The summed E-state index contributed by atoms with van der Waals surface area (Å²) in [6.07, 6.45) is 7.15. The highest BCUT2D eigenvalue weighted by atomic mass is 16.5. The molecule has 0 aromatic rings. The molecule has 0 aliphatic rings. The van der Waals surface area contributed by atoms with E-state index in [4.69, 9.17) is 9.47 Å². The molecule has 0 fully saturated rings. The fourth-order valence-electron chi connectivity index (χ4n) is 1.13. The summed E-state index contributed by atoms with van der Waals surface area (Å²) in [6, 6.07) is 0. The third kappa shape index (κ3) is 8.02. The van der Waals surface area contributed by atoms with Gasteiger partial charge in [-0.1, -0.05) is 31.9 Å². The molecule has 82 valence electrons. The van der Waals surface area contributed by atoms with Crippen LogP contribution in [0.3, 0.4) is 0 Å². The first-order valence-electron chi connectivity index (χ1n) is 5.26. The van der Waals surface area contributed by atoms with Crippen molar-refractivity contribution >= 4 is 0 Å². The van der Waals surface area contributed by atoms with E-state index in [1.54, 1.807) is 12.2 Å². The van der Waals surface area contributed by atoms with E-state index in [0.717, 1.165) is 6.42 Å². The maximum Gasteiger partial charge on any atom is 0.0812 e. The van der Waals surface area contributed by atoms with Gasteiger partial charge < -0.3 is 9.47 Å². The van der Waals surface area contributed by atoms with Crippen molar-refractivity contribution in [2.45, 2.75) is 32.3 Å². The van der Waals surface area contributed by atoms with Crippen LogP contribution in [0, 0.1) is 0 Å². The standard InChI is InChI=1S/C12H22O2/c1-4-7-8-12(14-10-6-3)11-13-9-5-2/h5-6,12H,2-4,7-11H2,1H3. The van der Waals surface area contributed by atoms with E-state index in [2.05, 4.69) is 20.1 Å². The van der Waals surface area contributed by atoms with Crippen LogP contribution in [0.4, 0.5) is 0 Å². The van der Waals surface area contributed by atoms with Crippen LogP contribution in [-0.2, 0) is 9.47 Å². The molecular weight excluding hydrogens is 176 g/mol. The molecule has 0 radical (unpaired) electrons. The molecule has 1 atom stereocenters. The molecule has 0 saturated carbocycles. The average Bonchev–Trinajstić information content (AvgIpc) is 2.21. The van der Waals surface area contributed by atoms with Gasteiger partial charge in [0.1, 0.15) is 0 Å². The van der Waals surface area contributed by atoms with Gasteiger partial charge in [-0.25, -0.2) is 0 Å². The van der Waals surface area contributed by atoms with Crippen molar-refractivity contribution in [1.29, 1.82) is 0 Å². The summed E-state index contributed by atoms with van der Waals surface area (Å²) < 4.78 is 10.9. The Bertz CT molecular complexity index is 143. The first-order valence-corrected chi connectivity index (χ1v) is 5.26. The molecule has 0 aliphatic heterocycles. The maximum absolute atomic E-state index is 5.56. The quantitative estimate of drug-likeness (QED) is 0.397. The number of rotatable bonds is 10. The lowest BCUT2D eigenvalue weighted by Crippen LogP contribution is -2.20. The van der Waals surface area contributed by atoms with Gasteiger partial charge in [-0.2, -0.15) is 0 Å². The van der Waals surface area contributed by atoms with E-state index in [1.165, 1.54) is 12.8 Å². The number of ether oxygens (including phenoxy) is 2. The van der Waals surface area contributed by atoms with E-state index in [0.29, 0.717) is 19.8 Å². The minimum atomic E-state index is 0.202. The molecule has 0 N–H and O–H groups in total. The molecule has 0 aromatic carbocycles. The highest BCUT2D eigenvalue weighted by molar-refractivity contribution is 4.68. The van der Waals surface area contributed by atoms with Crippen LogP contribution in [0.15, 0.2) is 25.3 Å². The Morgan fingerprint density at radius 3 is 2.50 bits per heavy atom. The summed E-state index contributed by atoms with van der Waals surface area (Å²) in [7, 11) is 0. The normalized spacial score (nSPS) is 12.4. The van der Waals surface area contributed by atoms with Crippen LogP contribution in [0.25, 0.3) is 0 Å². The zero-order valence-electron chi connectivity index (χ0n) is 9.21. The van der Waals surface area contributed by atoms with Gasteiger partial charge in [-0.3, -0.25) is 0 Å². The van der Waals surface area contributed by atoms with E-state index < -0.39 is 0 Å². The Morgan fingerprint density at radius 1 is 1.21 bits per heavy atom. The predicted octanol–water partition coefficient (Wildman–Crippen LogP) is 2.95. The number of hydrogen-bond acceptors (Lipinski definition) is 2. The van der Waals surface area contributed by atoms with Crippen molar-refractivity contribution in [2.75, 3.05) is 19.8 Å². The summed E-state index contributed by atoms with van der Waals surface area (Å²) in [5.41, 5.74) is 0. The molecule has 0 spiro atoms.